The molecule has 1 aromatic carbocycles. The molecular weight excluding hydrogens is 238 g/mol. The second-order valence-electron chi connectivity index (χ2n) is 5.83. The van der Waals surface area contributed by atoms with Crippen molar-refractivity contribution in [2.75, 3.05) is 7.05 Å². The highest BCUT2D eigenvalue weighted by atomic mass is 16.4. The van der Waals surface area contributed by atoms with Crippen LogP contribution in [0.15, 0.2) is 24.3 Å². The van der Waals surface area contributed by atoms with Crippen molar-refractivity contribution in [1.82, 2.24) is 4.90 Å². The lowest BCUT2D eigenvalue weighted by molar-refractivity contribution is 0.0697. The van der Waals surface area contributed by atoms with Crippen LogP contribution in [-0.4, -0.2) is 29.1 Å². The summed E-state index contributed by atoms with van der Waals surface area (Å²) in [6.07, 6.45) is 5.22. The molecule has 0 spiro atoms. The first-order valence-corrected chi connectivity index (χ1v) is 7.08. The molecule has 1 aliphatic carbocycles. The van der Waals surface area contributed by atoms with Gasteiger partial charge in [0.2, 0.25) is 0 Å². The highest BCUT2D eigenvalue weighted by Crippen LogP contribution is 2.27. The van der Waals surface area contributed by atoms with E-state index in [0.29, 0.717) is 11.6 Å². The Hall–Kier alpha value is -1.35. The molecular formula is C16H23NO2. The van der Waals surface area contributed by atoms with Crippen molar-refractivity contribution < 1.29 is 9.90 Å². The molecule has 0 aromatic heterocycles. The normalized spacial score (nSPS) is 23.5. The smallest absolute Gasteiger partial charge is 0.335 e. The van der Waals surface area contributed by atoms with Gasteiger partial charge in [-0.1, -0.05) is 19.1 Å². The highest BCUT2D eigenvalue weighted by Gasteiger charge is 2.21. The molecule has 1 fully saturated rings. The van der Waals surface area contributed by atoms with Crippen LogP contribution in [0.1, 0.15) is 48.5 Å². The van der Waals surface area contributed by atoms with E-state index in [2.05, 4.69) is 18.9 Å². The number of carbonyl (C=O) groups is 1. The van der Waals surface area contributed by atoms with Gasteiger partial charge in [0, 0.05) is 12.6 Å². The summed E-state index contributed by atoms with van der Waals surface area (Å²) in [4.78, 5) is 13.2. The molecule has 1 aromatic rings. The second-order valence-corrected chi connectivity index (χ2v) is 5.83. The number of hydrogen-bond donors (Lipinski definition) is 1. The summed E-state index contributed by atoms with van der Waals surface area (Å²) in [5, 5.41) is 8.88. The van der Waals surface area contributed by atoms with E-state index in [1.54, 1.807) is 12.1 Å². The second kappa shape index (κ2) is 6.20. The first kappa shape index (κ1) is 14.1. The van der Waals surface area contributed by atoms with Gasteiger partial charge in [0.1, 0.15) is 0 Å². The molecule has 3 heteroatoms. The van der Waals surface area contributed by atoms with E-state index in [9.17, 15) is 4.79 Å². The van der Waals surface area contributed by atoms with E-state index < -0.39 is 5.97 Å². The highest BCUT2D eigenvalue weighted by molar-refractivity contribution is 5.87. The summed E-state index contributed by atoms with van der Waals surface area (Å²) in [7, 11) is 2.17. The Kier molecular flexibility index (Phi) is 4.59. The van der Waals surface area contributed by atoms with Crippen LogP contribution in [0.2, 0.25) is 0 Å². The molecule has 1 saturated carbocycles. The maximum absolute atomic E-state index is 10.8. The minimum Gasteiger partial charge on any atom is -0.478 e. The minimum atomic E-state index is -0.860. The fourth-order valence-electron chi connectivity index (χ4n) is 2.85. The fourth-order valence-corrected chi connectivity index (χ4v) is 2.85. The SMILES string of the molecule is CC1CCC(N(C)Cc2ccc(C(=O)O)cc2)CC1. The molecule has 0 amide bonds. The largest absolute Gasteiger partial charge is 0.478 e. The Morgan fingerprint density at radius 2 is 1.79 bits per heavy atom. The molecule has 0 bridgehead atoms. The summed E-state index contributed by atoms with van der Waals surface area (Å²) in [6.45, 7) is 3.24. The zero-order valence-corrected chi connectivity index (χ0v) is 11.8. The summed E-state index contributed by atoms with van der Waals surface area (Å²) in [6, 6.07) is 7.90. The number of hydrogen-bond acceptors (Lipinski definition) is 2. The Morgan fingerprint density at radius 3 is 2.32 bits per heavy atom. The predicted octanol–water partition coefficient (Wildman–Crippen LogP) is 3.40. The van der Waals surface area contributed by atoms with Gasteiger partial charge in [-0.2, -0.15) is 0 Å². The van der Waals surface area contributed by atoms with Gasteiger partial charge in [-0.25, -0.2) is 4.79 Å². The molecule has 0 heterocycles. The van der Waals surface area contributed by atoms with Crippen LogP contribution in [-0.2, 0) is 6.54 Å². The maximum Gasteiger partial charge on any atom is 0.335 e. The van der Waals surface area contributed by atoms with Crippen molar-refractivity contribution in [2.45, 2.75) is 45.2 Å². The Morgan fingerprint density at radius 1 is 1.21 bits per heavy atom. The number of carboxylic acids is 1. The van der Waals surface area contributed by atoms with Crippen molar-refractivity contribution in [3.8, 4) is 0 Å². The van der Waals surface area contributed by atoms with Gasteiger partial charge in [0.15, 0.2) is 0 Å². The van der Waals surface area contributed by atoms with Crippen molar-refractivity contribution in [3.63, 3.8) is 0 Å². The van der Waals surface area contributed by atoms with Crippen LogP contribution in [0.25, 0.3) is 0 Å². The first-order valence-electron chi connectivity index (χ1n) is 7.08. The average Bonchev–Trinajstić information content (AvgIpc) is 2.40. The van der Waals surface area contributed by atoms with Crippen molar-refractivity contribution >= 4 is 5.97 Å². The fraction of sp³-hybridized carbons (Fsp3) is 0.562. The quantitative estimate of drug-likeness (QED) is 0.903. The Bertz CT molecular complexity index is 419. The molecule has 0 aliphatic heterocycles. The van der Waals surface area contributed by atoms with Gasteiger partial charge >= 0.3 is 5.97 Å². The van der Waals surface area contributed by atoms with E-state index in [1.165, 1.54) is 31.2 Å². The number of benzene rings is 1. The lowest BCUT2D eigenvalue weighted by Gasteiger charge is -2.33. The molecule has 19 heavy (non-hydrogen) atoms. The molecule has 2 rings (SSSR count). The standard InChI is InChI=1S/C16H23NO2/c1-12-3-9-15(10-4-12)17(2)11-13-5-7-14(8-6-13)16(18)19/h5-8,12,15H,3-4,9-11H2,1-2H3,(H,18,19). The van der Waals surface area contributed by atoms with Crippen molar-refractivity contribution in [3.05, 3.63) is 35.4 Å². The van der Waals surface area contributed by atoms with Gasteiger partial charge in [0.25, 0.3) is 0 Å². The Labute approximate surface area is 115 Å². The average molecular weight is 261 g/mol. The summed E-state index contributed by atoms with van der Waals surface area (Å²) in [5.74, 6) is 0.0145. The predicted molar refractivity (Wildman–Crippen MR) is 76.3 cm³/mol. The summed E-state index contributed by atoms with van der Waals surface area (Å²) < 4.78 is 0. The number of rotatable bonds is 4. The van der Waals surface area contributed by atoms with Crippen molar-refractivity contribution in [2.24, 2.45) is 5.92 Å². The number of carboxylic acid groups (broad SMARTS) is 1. The molecule has 3 nitrogen and oxygen atoms in total. The van der Waals surface area contributed by atoms with Crippen molar-refractivity contribution in [1.29, 1.82) is 0 Å². The van der Waals surface area contributed by atoms with Gasteiger partial charge in [0.05, 0.1) is 5.56 Å². The Balaban J connectivity index is 1.91. The molecule has 0 saturated heterocycles. The molecule has 1 N–H and O–H groups in total. The monoisotopic (exact) mass is 261 g/mol. The van der Waals surface area contributed by atoms with Crippen LogP contribution in [0.4, 0.5) is 0 Å². The van der Waals surface area contributed by atoms with Crippen LogP contribution >= 0.6 is 0 Å². The van der Waals surface area contributed by atoms with Gasteiger partial charge in [-0.3, -0.25) is 4.90 Å². The van der Waals surface area contributed by atoms with E-state index in [4.69, 9.17) is 5.11 Å². The van der Waals surface area contributed by atoms with Crippen LogP contribution in [0.3, 0.4) is 0 Å². The number of aromatic carboxylic acids is 1. The van der Waals surface area contributed by atoms with E-state index >= 15 is 0 Å². The topological polar surface area (TPSA) is 40.5 Å². The number of nitrogens with zero attached hydrogens (tertiary/aromatic N) is 1. The minimum absolute atomic E-state index is 0.359. The third-order valence-corrected chi connectivity index (χ3v) is 4.24. The lowest BCUT2D eigenvalue weighted by atomic mass is 9.86. The van der Waals surface area contributed by atoms with E-state index in [-0.39, 0.29) is 0 Å². The summed E-state index contributed by atoms with van der Waals surface area (Å²) >= 11 is 0. The van der Waals surface area contributed by atoms with E-state index in [1.807, 2.05) is 12.1 Å². The van der Waals surface area contributed by atoms with Gasteiger partial charge in [-0.15, -0.1) is 0 Å². The molecule has 1 aliphatic rings. The lowest BCUT2D eigenvalue weighted by Crippen LogP contribution is -2.34. The third kappa shape index (κ3) is 3.80. The summed E-state index contributed by atoms with van der Waals surface area (Å²) in [5.41, 5.74) is 1.55. The van der Waals surface area contributed by atoms with Gasteiger partial charge < -0.3 is 5.11 Å². The van der Waals surface area contributed by atoms with Crippen LogP contribution < -0.4 is 0 Å². The molecule has 0 radical (unpaired) electrons. The molecule has 0 atom stereocenters. The maximum atomic E-state index is 10.8. The first-order chi connectivity index (χ1) is 9.06. The van der Waals surface area contributed by atoms with Crippen LogP contribution in [0.5, 0.6) is 0 Å². The zero-order valence-electron chi connectivity index (χ0n) is 11.8. The van der Waals surface area contributed by atoms with Crippen LogP contribution in [0, 0.1) is 5.92 Å². The van der Waals surface area contributed by atoms with E-state index in [0.717, 1.165) is 12.5 Å². The third-order valence-electron chi connectivity index (χ3n) is 4.24. The molecule has 0 unspecified atom stereocenters. The zero-order chi connectivity index (χ0) is 13.8. The molecule has 104 valence electrons. The van der Waals surface area contributed by atoms with Gasteiger partial charge in [-0.05, 0) is 56.3 Å².